The summed E-state index contributed by atoms with van der Waals surface area (Å²) in [6, 6.07) is 6.70. The van der Waals surface area contributed by atoms with Gasteiger partial charge in [0.15, 0.2) is 5.82 Å². The summed E-state index contributed by atoms with van der Waals surface area (Å²) in [6.45, 7) is 4.15. The van der Waals surface area contributed by atoms with Crippen LogP contribution in [-0.4, -0.2) is 92.4 Å². The molecule has 4 fully saturated rings. The predicted octanol–water partition coefficient (Wildman–Crippen LogP) is 6.40. The second-order valence-electron chi connectivity index (χ2n) is 13.5. The number of benzene rings is 2. The maximum atomic E-state index is 16.9. The molecule has 2 unspecified atom stereocenters. The molecule has 252 valence electrons. The fraction of sp³-hybridized carbons (Fsp3) is 0.471. The molecule has 4 aliphatic rings. The molecule has 2 aromatic heterocycles. The minimum atomic E-state index is -4.97. The maximum absolute atomic E-state index is 16.9. The highest BCUT2D eigenvalue weighted by molar-refractivity contribution is 6.36. The second-order valence-corrected chi connectivity index (χ2v) is 13.9. The van der Waals surface area contributed by atoms with Crippen LogP contribution in [-0.2, 0) is 4.79 Å². The van der Waals surface area contributed by atoms with Gasteiger partial charge in [-0.2, -0.15) is 23.1 Å². The van der Waals surface area contributed by atoms with Crippen LogP contribution in [0.5, 0.6) is 11.8 Å². The molecule has 4 aliphatic heterocycles. The molecule has 1 amide bonds. The van der Waals surface area contributed by atoms with Gasteiger partial charge in [0.05, 0.1) is 28.7 Å². The first-order valence-corrected chi connectivity index (χ1v) is 16.6. The largest absolute Gasteiger partial charge is 0.508 e. The van der Waals surface area contributed by atoms with E-state index in [0.717, 1.165) is 43.7 Å². The highest BCUT2D eigenvalue weighted by Crippen LogP contribution is 2.43. The van der Waals surface area contributed by atoms with Crippen molar-refractivity contribution < 1.29 is 32.2 Å². The van der Waals surface area contributed by atoms with Crippen LogP contribution in [0, 0.1) is 12.7 Å². The summed E-state index contributed by atoms with van der Waals surface area (Å²) < 4.78 is 63.7. The third kappa shape index (κ3) is 4.99. The number of carbonyl (C=O) groups is 1. The minimum Gasteiger partial charge on any atom is -0.508 e. The number of amides is 1. The summed E-state index contributed by atoms with van der Waals surface area (Å²) in [5.41, 5.74) is 0.389. The van der Waals surface area contributed by atoms with E-state index in [1.807, 2.05) is 4.90 Å². The van der Waals surface area contributed by atoms with E-state index in [1.165, 1.54) is 12.1 Å². The summed E-state index contributed by atoms with van der Waals surface area (Å²) in [5.74, 6) is -2.41. The van der Waals surface area contributed by atoms with Crippen LogP contribution in [0.25, 0.3) is 32.9 Å². The number of aromatic hydroxyl groups is 1. The number of piperazine rings is 1. The first-order valence-electron chi connectivity index (χ1n) is 16.3. The zero-order valence-electron chi connectivity index (χ0n) is 26.2. The van der Waals surface area contributed by atoms with Crippen molar-refractivity contribution in [3.8, 4) is 23.0 Å². The molecule has 8 rings (SSSR count). The van der Waals surface area contributed by atoms with Crippen molar-refractivity contribution in [2.75, 3.05) is 37.7 Å². The molecule has 0 saturated carbocycles. The third-order valence-electron chi connectivity index (χ3n) is 10.6. The van der Waals surface area contributed by atoms with Crippen LogP contribution in [0.4, 0.5) is 23.4 Å². The van der Waals surface area contributed by atoms with Crippen molar-refractivity contribution in [1.82, 2.24) is 24.8 Å². The molecule has 4 saturated heterocycles. The standard InChI is InChI=1S/C34H33ClF4N6O3/c1-18-25-29(27(36)28(40-18)23-14-22(46)13-19-5-2-6-24(35)26(19)23)41-32(48-17-33-9-3-11-44(33)12-4-10-33)42-30(25)43-15-20-7-8-21(16-43)45(20)31(47)34(37,38)39/h2,5-6,13-14,20-21,46H,3-4,7-12,15-17H2,1H3. The number of hydrogen-bond acceptors (Lipinski definition) is 8. The lowest BCUT2D eigenvalue weighted by molar-refractivity contribution is -0.188. The fourth-order valence-electron chi connectivity index (χ4n) is 8.54. The predicted molar refractivity (Wildman–Crippen MR) is 172 cm³/mol. The van der Waals surface area contributed by atoms with E-state index in [-0.39, 0.29) is 47.2 Å². The molecule has 1 N–H and O–H groups in total. The topological polar surface area (TPSA) is 94.9 Å². The number of ether oxygens (including phenoxy) is 1. The molecule has 4 aromatic rings. The Labute approximate surface area is 278 Å². The molecule has 14 heteroatoms. The van der Waals surface area contributed by atoms with Gasteiger partial charge >= 0.3 is 18.1 Å². The average molecular weight is 685 g/mol. The quantitative estimate of drug-likeness (QED) is 0.242. The lowest BCUT2D eigenvalue weighted by atomic mass is 9.95. The van der Waals surface area contributed by atoms with Gasteiger partial charge in [-0.05, 0) is 82.1 Å². The van der Waals surface area contributed by atoms with E-state index in [9.17, 15) is 23.1 Å². The Balaban J connectivity index is 1.26. The average Bonchev–Trinajstić information content (AvgIpc) is 3.70. The number of alkyl halides is 3. The Morgan fingerprint density at radius 2 is 1.77 bits per heavy atom. The number of aromatic nitrogens is 3. The van der Waals surface area contributed by atoms with Crippen molar-refractivity contribution >= 4 is 45.0 Å². The van der Waals surface area contributed by atoms with Crippen LogP contribution in [0.1, 0.15) is 44.2 Å². The summed E-state index contributed by atoms with van der Waals surface area (Å²) >= 11 is 6.58. The number of hydrogen-bond donors (Lipinski definition) is 1. The summed E-state index contributed by atoms with van der Waals surface area (Å²) in [7, 11) is 0. The van der Waals surface area contributed by atoms with Crippen LogP contribution < -0.4 is 9.64 Å². The van der Waals surface area contributed by atoms with Gasteiger partial charge in [-0.3, -0.25) is 9.69 Å². The number of pyridine rings is 1. The second kappa shape index (κ2) is 11.3. The molecule has 6 heterocycles. The lowest BCUT2D eigenvalue weighted by Gasteiger charge is -2.42. The van der Waals surface area contributed by atoms with Crippen molar-refractivity contribution in [3.05, 3.63) is 46.9 Å². The van der Waals surface area contributed by atoms with Crippen molar-refractivity contribution in [3.63, 3.8) is 0 Å². The van der Waals surface area contributed by atoms with Crippen LogP contribution in [0.3, 0.4) is 0 Å². The van der Waals surface area contributed by atoms with Gasteiger partial charge in [0.2, 0.25) is 0 Å². The molecule has 2 atom stereocenters. The SMILES string of the molecule is Cc1nc(-c2cc(O)cc3cccc(Cl)c23)c(F)c2nc(OCC34CCCN3CCC4)nc(N3CC4CCC(C3)N4C(=O)C(F)(F)F)c12. The van der Waals surface area contributed by atoms with E-state index >= 15 is 4.39 Å². The van der Waals surface area contributed by atoms with E-state index in [0.29, 0.717) is 52.1 Å². The molecule has 2 aromatic carbocycles. The van der Waals surface area contributed by atoms with Crippen LogP contribution >= 0.6 is 11.6 Å². The van der Waals surface area contributed by atoms with E-state index < -0.39 is 30.0 Å². The van der Waals surface area contributed by atoms with Crippen molar-refractivity contribution in [2.24, 2.45) is 0 Å². The van der Waals surface area contributed by atoms with Gasteiger partial charge in [-0.1, -0.05) is 23.7 Å². The van der Waals surface area contributed by atoms with Gasteiger partial charge in [0.25, 0.3) is 0 Å². The molecule has 48 heavy (non-hydrogen) atoms. The fourth-order valence-corrected chi connectivity index (χ4v) is 8.83. The number of nitrogens with zero attached hydrogens (tertiary/aromatic N) is 6. The number of phenols is 1. The summed E-state index contributed by atoms with van der Waals surface area (Å²) in [6.07, 6.45) is -0.0972. The molecule has 0 spiro atoms. The van der Waals surface area contributed by atoms with Gasteiger partial charge in [0.1, 0.15) is 29.4 Å². The highest BCUT2D eigenvalue weighted by Gasteiger charge is 2.52. The first kappa shape index (κ1) is 31.3. The normalized spacial score (nSPS) is 22.2. The Bertz CT molecular complexity index is 1950. The zero-order valence-corrected chi connectivity index (χ0v) is 26.9. The van der Waals surface area contributed by atoms with Gasteiger partial charge in [-0.15, -0.1) is 0 Å². The minimum absolute atomic E-state index is 0.0407. The highest BCUT2D eigenvalue weighted by atomic mass is 35.5. The van der Waals surface area contributed by atoms with Crippen molar-refractivity contribution in [1.29, 1.82) is 0 Å². The number of carbonyl (C=O) groups excluding carboxylic acids is 1. The number of anilines is 1. The number of aryl methyl sites for hydroxylation is 1. The molecular formula is C34H33ClF4N6O3. The van der Waals surface area contributed by atoms with Gasteiger partial charge in [0, 0.05) is 29.1 Å². The van der Waals surface area contributed by atoms with E-state index in [1.54, 1.807) is 25.1 Å². The van der Waals surface area contributed by atoms with Gasteiger partial charge in [-0.25, -0.2) is 9.37 Å². The third-order valence-corrected chi connectivity index (χ3v) is 10.9. The van der Waals surface area contributed by atoms with Gasteiger partial charge < -0.3 is 19.6 Å². The summed E-state index contributed by atoms with van der Waals surface area (Å²) in [4.78, 5) is 31.6. The molecule has 2 bridgehead atoms. The van der Waals surface area contributed by atoms with Crippen LogP contribution in [0.2, 0.25) is 5.02 Å². The smallest absolute Gasteiger partial charge is 0.471 e. The Morgan fingerprint density at radius 1 is 1.06 bits per heavy atom. The molecule has 9 nitrogen and oxygen atoms in total. The number of rotatable bonds is 5. The Hall–Kier alpha value is -3.97. The molecule has 0 aliphatic carbocycles. The summed E-state index contributed by atoms with van der Waals surface area (Å²) in [5, 5.41) is 12.3. The molecule has 0 radical (unpaired) electrons. The number of halogens is 5. The Morgan fingerprint density at radius 3 is 2.46 bits per heavy atom. The lowest BCUT2D eigenvalue weighted by Crippen LogP contribution is -2.59. The number of phenolic OH excluding ortho intramolecular Hbond substituents is 1. The van der Waals surface area contributed by atoms with Crippen molar-refractivity contribution in [2.45, 2.75) is 69.2 Å². The van der Waals surface area contributed by atoms with Crippen LogP contribution in [0.15, 0.2) is 30.3 Å². The maximum Gasteiger partial charge on any atom is 0.471 e. The Kier molecular flexibility index (Phi) is 7.37. The first-order chi connectivity index (χ1) is 22.9. The van der Waals surface area contributed by atoms with E-state index in [2.05, 4.69) is 14.9 Å². The van der Waals surface area contributed by atoms with E-state index in [4.69, 9.17) is 21.3 Å². The monoisotopic (exact) mass is 684 g/mol. The molecular weight excluding hydrogens is 652 g/mol. The number of fused-ring (bicyclic) bond motifs is 5. The zero-order chi connectivity index (χ0) is 33.5.